The van der Waals surface area contributed by atoms with Crippen molar-refractivity contribution in [3.8, 4) is 0 Å². The average molecular weight is 214 g/mol. The van der Waals surface area contributed by atoms with Crippen LogP contribution in [-0.2, 0) is 13.8 Å². The van der Waals surface area contributed by atoms with E-state index in [-0.39, 0.29) is 6.35 Å². The van der Waals surface area contributed by atoms with Gasteiger partial charge in [-0.05, 0) is 26.0 Å². The van der Waals surface area contributed by atoms with E-state index < -0.39 is 7.37 Å². The minimum Gasteiger partial charge on any atom is -0.479 e. The molecule has 0 N–H and O–H groups in total. The molecule has 1 aliphatic heterocycles. The minimum absolute atomic E-state index is 0.153. The molecule has 3 nitrogen and oxygen atoms in total. The second-order valence-corrected chi connectivity index (χ2v) is 5.56. The van der Waals surface area contributed by atoms with E-state index in [0.29, 0.717) is 11.5 Å². The zero-order valence-corrected chi connectivity index (χ0v) is 9.58. The van der Waals surface area contributed by atoms with E-state index in [2.05, 4.69) is 0 Å². The topological polar surface area (TPSA) is 35.5 Å². The molecule has 0 radical (unpaired) electrons. The number of allylic oxidation sites excluding steroid dienone is 4. The second kappa shape index (κ2) is 4.52. The summed E-state index contributed by atoms with van der Waals surface area (Å²) in [7, 11) is -2.60. The summed E-state index contributed by atoms with van der Waals surface area (Å²) in [5.41, 5.74) is 0. The van der Waals surface area contributed by atoms with Crippen LogP contribution < -0.4 is 0 Å². The predicted octanol–water partition coefficient (Wildman–Crippen LogP) is 3.26. The molecule has 1 rings (SSSR count). The van der Waals surface area contributed by atoms with E-state index in [1.807, 2.05) is 26.0 Å². The highest BCUT2D eigenvalue weighted by atomic mass is 31.2. The SMILES string of the molecule is C\C=C/C=C1/OP(C)(=O)CO/C1=C/C. The number of hydrogen-bond acceptors (Lipinski definition) is 3. The van der Waals surface area contributed by atoms with Crippen LogP contribution in [-0.4, -0.2) is 13.0 Å². The van der Waals surface area contributed by atoms with Crippen molar-refractivity contribution in [1.29, 1.82) is 0 Å². The summed E-state index contributed by atoms with van der Waals surface area (Å²) >= 11 is 0. The lowest BCUT2D eigenvalue weighted by atomic mass is 10.3. The van der Waals surface area contributed by atoms with Gasteiger partial charge in [-0.15, -0.1) is 0 Å². The third-order valence-electron chi connectivity index (χ3n) is 1.69. The van der Waals surface area contributed by atoms with E-state index in [1.165, 1.54) is 0 Å². The van der Waals surface area contributed by atoms with Gasteiger partial charge in [-0.3, -0.25) is 4.57 Å². The van der Waals surface area contributed by atoms with Gasteiger partial charge in [-0.25, -0.2) is 0 Å². The first-order chi connectivity index (χ1) is 6.59. The van der Waals surface area contributed by atoms with Gasteiger partial charge in [0.15, 0.2) is 17.9 Å². The van der Waals surface area contributed by atoms with Crippen molar-refractivity contribution in [2.24, 2.45) is 0 Å². The Morgan fingerprint density at radius 2 is 2.07 bits per heavy atom. The summed E-state index contributed by atoms with van der Waals surface area (Å²) in [6.07, 6.45) is 7.41. The molecule has 0 aromatic rings. The predicted molar refractivity (Wildman–Crippen MR) is 57.2 cm³/mol. The molecule has 1 fully saturated rings. The molecule has 1 unspecified atom stereocenters. The van der Waals surface area contributed by atoms with Gasteiger partial charge in [0, 0.05) is 6.66 Å². The maximum absolute atomic E-state index is 11.6. The lowest BCUT2D eigenvalue weighted by molar-refractivity contribution is 0.198. The van der Waals surface area contributed by atoms with Gasteiger partial charge in [0.05, 0.1) is 0 Å². The standard InChI is InChI=1S/C10H15O3P/c1-4-6-7-10-9(5-2)12-8-14(3,11)13-10/h4-7H,8H2,1-3H3/b6-4-,9-5+,10-7+. The molecular weight excluding hydrogens is 199 g/mol. The Morgan fingerprint density at radius 1 is 1.36 bits per heavy atom. The van der Waals surface area contributed by atoms with Crippen LogP contribution in [0.15, 0.2) is 35.8 Å². The van der Waals surface area contributed by atoms with Gasteiger partial charge >= 0.3 is 0 Å². The van der Waals surface area contributed by atoms with Gasteiger partial charge in [0.1, 0.15) is 0 Å². The molecule has 0 bridgehead atoms. The van der Waals surface area contributed by atoms with Crippen molar-refractivity contribution < 1.29 is 13.8 Å². The lowest BCUT2D eigenvalue weighted by Crippen LogP contribution is -2.09. The van der Waals surface area contributed by atoms with Gasteiger partial charge in [-0.2, -0.15) is 0 Å². The van der Waals surface area contributed by atoms with Crippen molar-refractivity contribution >= 4 is 7.37 Å². The third-order valence-corrected chi connectivity index (χ3v) is 2.87. The molecule has 1 aliphatic rings. The zero-order chi connectivity index (χ0) is 10.6. The second-order valence-electron chi connectivity index (χ2n) is 3.09. The molecule has 0 aromatic carbocycles. The Morgan fingerprint density at radius 3 is 2.64 bits per heavy atom. The molecule has 1 saturated heterocycles. The number of hydrogen-bond donors (Lipinski definition) is 0. The molecule has 4 heteroatoms. The van der Waals surface area contributed by atoms with Crippen molar-refractivity contribution in [2.45, 2.75) is 13.8 Å². The molecule has 0 aromatic heterocycles. The first-order valence-electron chi connectivity index (χ1n) is 4.47. The molecule has 78 valence electrons. The van der Waals surface area contributed by atoms with Crippen LogP contribution in [0.4, 0.5) is 0 Å². The fourth-order valence-electron chi connectivity index (χ4n) is 1.06. The molecule has 14 heavy (non-hydrogen) atoms. The van der Waals surface area contributed by atoms with E-state index in [1.54, 1.807) is 18.8 Å². The molecule has 0 spiro atoms. The Labute approximate surface area is 84.6 Å². The normalized spacial score (nSPS) is 33.4. The van der Waals surface area contributed by atoms with Crippen molar-refractivity contribution in [3.63, 3.8) is 0 Å². The Bertz CT molecular complexity index is 339. The summed E-state index contributed by atoms with van der Waals surface area (Å²) in [6.45, 7) is 5.33. The molecule has 0 aliphatic carbocycles. The van der Waals surface area contributed by atoms with Crippen molar-refractivity contribution in [3.05, 3.63) is 35.8 Å². The fourth-order valence-corrected chi connectivity index (χ4v) is 2.05. The first kappa shape index (κ1) is 11.1. The highest BCUT2D eigenvalue weighted by Gasteiger charge is 2.27. The van der Waals surface area contributed by atoms with Gasteiger partial charge < -0.3 is 9.26 Å². The van der Waals surface area contributed by atoms with Crippen LogP contribution in [0.25, 0.3) is 0 Å². The maximum atomic E-state index is 11.6. The zero-order valence-electron chi connectivity index (χ0n) is 8.69. The van der Waals surface area contributed by atoms with Crippen molar-refractivity contribution in [1.82, 2.24) is 0 Å². The highest BCUT2D eigenvalue weighted by Crippen LogP contribution is 2.50. The molecular formula is C10H15O3P. The van der Waals surface area contributed by atoms with Gasteiger partial charge in [0.2, 0.25) is 0 Å². The van der Waals surface area contributed by atoms with E-state index in [4.69, 9.17) is 9.26 Å². The first-order valence-corrected chi connectivity index (χ1v) is 6.73. The molecule has 1 heterocycles. The Kier molecular flexibility index (Phi) is 3.59. The third kappa shape index (κ3) is 2.78. The monoisotopic (exact) mass is 214 g/mol. The summed E-state index contributed by atoms with van der Waals surface area (Å²) < 4.78 is 22.3. The minimum atomic E-state index is -2.60. The quantitative estimate of drug-likeness (QED) is 0.628. The van der Waals surface area contributed by atoms with E-state index in [9.17, 15) is 4.57 Å². The van der Waals surface area contributed by atoms with E-state index >= 15 is 0 Å². The number of ether oxygens (including phenoxy) is 1. The van der Waals surface area contributed by atoms with Crippen LogP contribution >= 0.6 is 7.37 Å². The largest absolute Gasteiger partial charge is 0.479 e. The summed E-state index contributed by atoms with van der Waals surface area (Å²) in [5, 5.41) is 0. The van der Waals surface area contributed by atoms with Crippen molar-refractivity contribution in [2.75, 3.05) is 13.0 Å². The molecule has 0 amide bonds. The number of rotatable bonds is 1. The van der Waals surface area contributed by atoms with E-state index in [0.717, 1.165) is 0 Å². The van der Waals surface area contributed by atoms with Crippen LogP contribution in [0.5, 0.6) is 0 Å². The lowest BCUT2D eigenvalue weighted by Gasteiger charge is -2.25. The maximum Gasteiger partial charge on any atom is 0.281 e. The van der Waals surface area contributed by atoms with Crippen LogP contribution in [0, 0.1) is 0 Å². The van der Waals surface area contributed by atoms with Crippen LogP contribution in [0.2, 0.25) is 0 Å². The van der Waals surface area contributed by atoms with Gasteiger partial charge in [0.25, 0.3) is 7.37 Å². The smallest absolute Gasteiger partial charge is 0.281 e. The summed E-state index contributed by atoms with van der Waals surface area (Å²) in [6, 6.07) is 0. The Hall–Kier alpha value is -0.950. The summed E-state index contributed by atoms with van der Waals surface area (Å²) in [5.74, 6) is 1.19. The summed E-state index contributed by atoms with van der Waals surface area (Å²) in [4.78, 5) is 0. The van der Waals surface area contributed by atoms with Gasteiger partial charge in [-0.1, -0.05) is 12.2 Å². The van der Waals surface area contributed by atoms with Crippen LogP contribution in [0.3, 0.4) is 0 Å². The van der Waals surface area contributed by atoms with Crippen LogP contribution in [0.1, 0.15) is 13.8 Å². The molecule has 0 saturated carbocycles. The fraction of sp³-hybridized carbons (Fsp3) is 0.400. The average Bonchev–Trinajstić information content (AvgIpc) is 2.14. The molecule has 1 atom stereocenters. The highest BCUT2D eigenvalue weighted by molar-refractivity contribution is 7.58. The Balaban J connectivity index is 2.92.